The van der Waals surface area contributed by atoms with Crippen LogP contribution in [0.25, 0.3) is 0 Å². The number of aryl methyl sites for hydroxylation is 1. The molecule has 0 N–H and O–H groups in total. The third kappa shape index (κ3) is 2.61. The highest BCUT2D eigenvalue weighted by Gasteiger charge is 2.26. The van der Waals surface area contributed by atoms with Crippen molar-refractivity contribution in [3.63, 3.8) is 0 Å². The molecule has 1 heterocycles. The van der Waals surface area contributed by atoms with Gasteiger partial charge in [0.1, 0.15) is 0 Å². The number of carbonyl (C=O) groups is 1. The van der Waals surface area contributed by atoms with Crippen molar-refractivity contribution >= 4 is 31.3 Å². The van der Waals surface area contributed by atoms with Crippen LogP contribution in [0.2, 0.25) is 0 Å². The molecule has 1 aliphatic rings. The van der Waals surface area contributed by atoms with E-state index in [1.165, 1.54) is 0 Å². The number of amides is 1. The maximum atomic E-state index is 11.6. The van der Waals surface area contributed by atoms with Gasteiger partial charge in [-0.05, 0) is 23.6 Å². The average Bonchev–Trinajstić information content (AvgIpc) is 2.52. The third-order valence-corrected chi connectivity index (χ3v) is 4.08. The summed E-state index contributed by atoms with van der Waals surface area (Å²) in [5.41, 5.74) is 2.66. The Morgan fingerprint density at radius 2 is 2.12 bits per heavy atom. The molecule has 0 saturated carbocycles. The van der Waals surface area contributed by atoms with E-state index in [1.807, 2.05) is 18.2 Å². The van der Waals surface area contributed by atoms with E-state index in [2.05, 4.69) is 0 Å². The summed E-state index contributed by atoms with van der Waals surface area (Å²) in [4.78, 5) is 13.2. The van der Waals surface area contributed by atoms with E-state index in [4.69, 9.17) is 10.7 Å². The zero-order chi connectivity index (χ0) is 12.6. The summed E-state index contributed by atoms with van der Waals surface area (Å²) < 4.78 is 21.8. The van der Waals surface area contributed by atoms with Crippen LogP contribution >= 0.6 is 10.7 Å². The number of halogens is 1. The van der Waals surface area contributed by atoms with Crippen molar-refractivity contribution in [1.29, 1.82) is 0 Å². The highest BCUT2D eigenvalue weighted by molar-refractivity contribution is 8.13. The summed E-state index contributed by atoms with van der Waals surface area (Å²) in [6.45, 7) is 0. The summed E-state index contributed by atoms with van der Waals surface area (Å²) in [5.74, 6) is -0.0793. The molecular formula is C11H12ClNO3S. The number of nitrogens with zero attached hydrogens (tertiary/aromatic N) is 1. The molecule has 1 aromatic rings. The second kappa shape index (κ2) is 4.31. The van der Waals surface area contributed by atoms with Crippen LogP contribution in [0.15, 0.2) is 18.2 Å². The van der Waals surface area contributed by atoms with Crippen LogP contribution in [0, 0.1) is 0 Å². The number of rotatable bonds is 3. The Kier molecular flexibility index (Phi) is 3.14. The van der Waals surface area contributed by atoms with Crippen molar-refractivity contribution in [2.75, 3.05) is 17.7 Å². The molecule has 4 nitrogen and oxygen atoms in total. The van der Waals surface area contributed by atoms with E-state index >= 15 is 0 Å². The minimum absolute atomic E-state index is 0.0289. The number of anilines is 1. The maximum absolute atomic E-state index is 11.6. The second-order valence-electron chi connectivity index (χ2n) is 4.04. The number of hydrogen-bond acceptors (Lipinski definition) is 3. The van der Waals surface area contributed by atoms with Crippen LogP contribution < -0.4 is 4.90 Å². The van der Waals surface area contributed by atoms with Gasteiger partial charge in [0, 0.05) is 23.4 Å². The SMILES string of the molecule is CN1C(=O)Cc2c(CCS(=O)(=O)Cl)cccc21. The van der Waals surface area contributed by atoms with Gasteiger partial charge in [-0.3, -0.25) is 4.79 Å². The van der Waals surface area contributed by atoms with Gasteiger partial charge in [0.15, 0.2) is 0 Å². The molecule has 92 valence electrons. The molecule has 0 fully saturated rings. The first-order chi connectivity index (χ1) is 7.88. The highest BCUT2D eigenvalue weighted by Crippen LogP contribution is 2.30. The Morgan fingerprint density at radius 1 is 1.41 bits per heavy atom. The third-order valence-electron chi connectivity index (χ3n) is 2.93. The molecule has 0 radical (unpaired) electrons. The molecule has 1 aromatic carbocycles. The molecule has 1 amide bonds. The molecule has 2 rings (SSSR count). The summed E-state index contributed by atoms with van der Waals surface area (Å²) in [5, 5.41) is 0. The lowest BCUT2D eigenvalue weighted by molar-refractivity contribution is -0.117. The molecule has 0 bridgehead atoms. The van der Waals surface area contributed by atoms with Gasteiger partial charge in [0.05, 0.1) is 12.2 Å². The van der Waals surface area contributed by atoms with Crippen molar-refractivity contribution in [2.45, 2.75) is 12.8 Å². The monoisotopic (exact) mass is 273 g/mol. The normalized spacial score (nSPS) is 15.2. The molecular weight excluding hydrogens is 262 g/mol. The van der Waals surface area contributed by atoms with Gasteiger partial charge in [-0.15, -0.1) is 0 Å². The number of hydrogen-bond donors (Lipinski definition) is 0. The van der Waals surface area contributed by atoms with Crippen LogP contribution in [0.1, 0.15) is 11.1 Å². The molecule has 0 saturated heterocycles. The largest absolute Gasteiger partial charge is 0.315 e. The Bertz CT molecular complexity index is 568. The predicted octanol–water partition coefficient (Wildman–Crippen LogP) is 1.32. The molecule has 0 atom stereocenters. The summed E-state index contributed by atoms with van der Waals surface area (Å²) in [6.07, 6.45) is 0.681. The standard InChI is InChI=1S/C11H12ClNO3S/c1-13-10-4-2-3-8(5-6-17(12,15)16)9(10)7-11(13)14/h2-4H,5-7H2,1H3. The zero-order valence-electron chi connectivity index (χ0n) is 9.31. The van der Waals surface area contributed by atoms with Gasteiger partial charge >= 0.3 is 0 Å². The van der Waals surface area contributed by atoms with Gasteiger partial charge in [0.25, 0.3) is 0 Å². The zero-order valence-corrected chi connectivity index (χ0v) is 10.9. The van der Waals surface area contributed by atoms with Crippen LogP contribution in [0.3, 0.4) is 0 Å². The fourth-order valence-corrected chi connectivity index (χ4v) is 2.70. The Balaban J connectivity index is 2.30. The van der Waals surface area contributed by atoms with E-state index in [-0.39, 0.29) is 11.7 Å². The van der Waals surface area contributed by atoms with Crippen LogP contribution in [0.5, 0.6) is 0 Å². The number of likely N-dealkylation sites (N-methyl/N-ethyl adjacent to an activating group) is 1. The fourth-order valence-electron chi connectivity index (χ4n) is 2.01. The predicted molar refractivity (Wildman–Crippen MR) is 66.9 cm³/mol. The summed E-state index contributed by atoms with van der Waals surface area (Å²) >= 11 is 0. The minimum Gasteiger partial charge on any atom is -0.315 e. The van der Waals surface area contributed by atoms with Crippen LogP contribution in [-0.2, 0) is 26.7 Å². The molecule has 1 aliphatic heterocycles. The fraction of sp³-hybridized carbons (Fsp3) is 0.364. The first-order valence-electron chi connectivity index (χ1n) is 5.18. The first-order valence-corrected chi connectivity index (χ1v) is 7.66. The lowest BCUT2D eigenvalue weighted by atomic mass is 10.0. The number of fused-ring (bicyclic) bond motifs is 1. The highest BCUT2D eigenvalue weighted by atomic mass is 35.7. The van der Waals surface area contributed by atoms with E-state index in [9.17, 15) is 13.2 Å². The maximum Gasteiger partial charge on any atom is 0.232 e. The Morgan fingerprint density at radius 3 is 2.76 bits per heavy atom. The van der Waals surface area contributed by atoms with Gasteiger partial charge in [-0.1, -0.05) is 12.1 Å². The number of carbonyl (C=O) groups excluding carboxylic acids is 1. The summed E-state index contributed by atoms with van der Waals surface area (Å²) in [6, 6.07) is 5.52. The van der Waals surface area contributed by atoms with E-state index in [0.717, 1.165) is 16.8 Å². The van der Waals surface area contributed by atoms with Gasteiger partial charge in [-0.25, -0.2) is 8.42 Å². The average molecular weight is 274 g/mol. The molecule has 0 unspecified atom stereocenters. The Hall–Kier alpha value is -1.07. The lowest BCUT2D eigenvalue weighted by Gasteiger charge is -2.11. The van der Waals surface area contributed by atoms with Crippen molar-refractivity contribution in [1.82, 2.24) is 0 Å². The molecule has 0 aliphatic carbocycles. The van der Waals surface area contributed by atoms with E-state index in [0.29, 0.717) is 12.8 Å². The number of benzene rings is 1. The lowest BCUT2D eigenvalue weighted by Crippen LogP contribution is -2.20. The molecule has 6 heteroatoms. The second-order valence-corrected chi connectivity index (χ2v) is 6.93. The van der Waals surface area contributed by atoms with Crippen LogP contribution in [-0.4, -0.2) is 27.1 Å². The molecule has 0 spiro atoms. The van der Waals surface area contributed by atoms with Crippen molar-refractivity contribution in [2.24, 2.45) is 0 Å². The van der Waals surface area contributed by atoms with E-state index in [1.54, 1.807) is 11.9 Å². The Labute approximate surface area is 105 Å². The van der Waals surface area contributed by atoms with Crippen molar-refractivity contribution in [3.05, 3.63) is 29.3 Å². The molecule has 17 heavy (non-hydrogen) atoms. The van der Waals surface area contributed by atoms with Crippen LogP contribution in [0.4, 0.5) is 5.69 Å². The van der Waals surface area contributed by atoms with Gasteiger partial charge in [-0.2, -0.15) is 0 Å². The topological polar surface area (TPSA) is 54.5 Å². The smallest absolute Gasteiger partial charge is 0.232 e. The van der Waals surface area contributed by atoms with Gasteiger partial charge in [0.2, 0.25) is 15.0 Å². The first kappa shape index (κ1) is 12.4. The van der Waals surface area contributed by atoms with Crippen molar-refractivity contribution < 1.29 is 13.2 Å². The summed E-state index contributed by atoms with van der Waals surface area (Å²) in [7, 11) is 3.41. The van der Waals surface area contributed by atoms with Gasteiger partial charge < -0.3 is 4.90 Å². The quantitative estimate of drug-likeness (QED) is 0.781. The van der Waals surface area contributed by atoms with Crippen molar-refractivity contribution in [3.8, 4) is 0 Å². The molecule has 0 aromatic heterocycles. The minimum atomic E-state index is -3.49. The van der Waals surface area contributed by atoms with E-state index < -0.39 is 9.05 Å².